The Morgan fingerprint density at radius 1 is 1.04 bits per heavy atom. The molecule has 7 nitrogen and oxygen atoms in total. The highest BCUT2D eigenvalue weighted by Crippen LogP contribution is 2.29. The molecular weight excluding hydrogens is 350 g/mol. The molecule has 0 spiro atoms. The van der Waals surface area contributed by atoms with Gasteiger partial charge < -0.3 is 9.47 Å². The first-order valence-electron chi connectivity index (χ1n) is 10.5. The molecule has 0 atom stereocenters. The van der Waals surface area contributed by atoms with Gasteiger partial charge >= 0.3 is 0 Å². The molecule has 0 bridgehead atoms. The lowest BCUT2D eigenvalue weighted by Crippen LogP contribution is -2.34. The van der Waals surface area contributed by atoms with Crippen molar-refractivity contribution in [2.24, 2.45) is 7.05 Å². The zero-order valence-electron chi connectivity index (χ0n) is 16.7. The fourth-order valence-corrected chi connectivity index (χ4v) is 4.39. The van der Waals surface area contributed by atoms with E-state index in [2.05, 4.69) is 42.7 Å². The summed E-state index contributed by atoms with van der Waals surface area (Å²) in [5, 5.41) is 18.2. The van der Waals surface area contributed by atoms with Gasteiger partial charge in [-0.3, -0.25) is 4.90 Å². The summed E-state index contributed by atoms with van der Waals surface area (Å²) in [5.41, 5.74) is 0.478. The van der Waals surface area contributed by atoms with Gasteiger partial charge in [0, 0.05) is 26.1 Å². The second-order valence-corrected chi connectivity index (χ2v) is 7.98. The van der Waals surface area contributed by atoms with E-state index in [-0.39, 0.29) is 0 Å². The molecule has 148 valence electrons. The van der Waals surface area contributed by atoms with Crippen LogP contribution in [0.2, 0.25) is 0 Å². The lowest BCUT2D eigenvalue weighted by atomic mass is 9.96. The molecule has 2 aromatic rings. The molecule has 28 heavy (non-hydrogen) atoms. The monoisotopic (exact) mass is 379 g/mol. The second kappa shape index (κ2) is 8.70. The van der Waals surface area contributed by atoms with E-state index in [9.17, 15) is 0 Å². The maximum atomic E-state index is 9.06. The van der Waals surface area contributed by atoms with E-state index in [1.807, 2.05) is 12.1 Å². The number of nitrogens with zero attached hydrogens (tertiary/aromatic N) is 7. The number of anilines is 1. The van der Waals surface area contributed by atoms with Crippen molar-refractivity contribution in [2.75, 3.05) is 31.1 Å². The van der Waals surface area contributed by atoms with Crippen LogP contribution in [-0.2, 0) is 13.6 Å². The summed E-state index contributed by atoms with van der Waals surface area (Å²) < 4.78 is 2.22. The van der Waals surface area contributed by atoms with Crippen LogP contribution in [0.15, 0.2) is 18.2 Å². The number of aromatic nitrogens is 4. The summed E-state index contributed by atoms with van der Waals surface area (Å²) in [4.78, 5) is 9.23. The van der Waals surface area contributed by atoms with Crippen molar-refractivity contribution in [2.45, 2.75) is 51.0 Å². The van der Waals surface area contributed by atoms with E-state index >= 15 is 0 Å². The van der Waals surface area contributed by atoms with Crippen molar-refractivity contribution in [1.82, 2.24) is 24.6 Å². The third-order valence-electron chi connectivity index (χ3n) is 6.10. The summed E-state index contributed by atoms with van der Waals surface area (Å²) >= 11 is 0. The number of piperidine rings is 1. The van der Waals surface area contributed by atoms with Crippen molar-refractivity contribution in [1.29, 1.82) is 5.26 Å². The van der Waals surface area contributed by atoms with Crippen LogP contribution < -0.4 is 4.90 Å². The van der Waals surface area contributed by atoms with Crippen molar-refractivity contribution >= 4 is 5.82 Å². The minimum absolute atomic E-state index is 0.436. The number of rotatable bonds is 4. The smallest absolute Gasteiger partial charge is 0.146 e. The fourth-order valence-electron chi connectivity index (χ4n) is 4.39. The maximum Gasteiger partial charge on any atom is 0.146 e. The zero-order valence-corrected chi connectivity index (χ0v) is 16.7. The van der Waals surface area contributed by atoms with Crippen LogP contribution in [-0.4, -0.2) is 50.8 Å². The zero-order chi connectivity index (χ0) is 19.3. The molecule has 2 fully saturated rings. The first kappa shape index (κ1) is 18.9. The predicted molar refractivity (Wildman–Crippen MR) is 108 cm³/mol. The molecule has 0 saturated carbocycles. The molecule has 0 unspecified atom stereocenters. The molecule has 0 aromatic carbocycles. The van der Waals surface area contributed by atoms with Crippen molar-refractivity contribution in [3.05, 3.63) is 35.5 Å². The average molecular weight is 380 g/mol. The highest BCUT2D eigenvalue weighted by molar-refractivity contribution is 5.42. The van der Waals surface area contributed by atoms with Crippen LogP contribution in [0.4, 0.5) is 5.82 Å². The van der Waals surface area contributed by atoms with Gasteiger partial charge in [-0.15, -0.1) is 10.2 Å². The van der Waals surface area contributed by atoms with E-state index in [1.54, 1.807) is 6.07 Å². The number of pyridine rings is 1. The van der Waals surface area contributed by atoms with Crippen LogP contribution in [0.25, 0.3) is 0 Å². The normalized spacial score (nSPS) is 19.4. The second-order valence-electron chi connectivity index (χ2n) is 7.98. The van der Waals surface area contributed by atoms with Gasteiger partial charge in [-0.05, 0) is 50.9 Å². The molecule has 0 aliphatic carbocycles. The minimum Gasteiger partial charge on any atom is -0.357 e. The van der Waals surface area contributed by atoms with Gasteiger partial charge in [0.05, 0.1) is 6.54 Å². The molecule has 4 rings (SSSR count). The highest BCUT2D eigenvalue weighted by Gasteiger charge is 2.26. The maximum absolute atomic E-state index is 9.06. The van der Waals surface area contributed by atoms with E-state index in [1.165, 1.54) is 38.8 Å². The summed E-state index contributed by atoms with van der Waals surface area (Å²) in [5.74, 6) is 3.54. The lowest BCUT2D eigenvalue weighted by molar-refractivity contribution is 0.266. The van der Waals surface area contributed by atoms with E-state index < -0.39 is 0 Å². The summed E-state index contributed by atoms with van der Waals surface area (Å²) in [6.45, 7) is 5.12. The Hall–Kier alpha value is -2.46. The largest absolute Gasteiger partial charge is 0.357 e. The van der Waals surface area contributed by atoms with Gasteiger partial charge in [0.15, 0.2) is 0 Å². The quantitative estimate of drug-likeness (QED) is 0.813. The topological polar surface area (TPSA) is 73.9 Å². The summed E-state index contributed by atoms with van der Waals surface area (Å²) in [6.07, 6.45) is 7.37. The number of nitriles is 1. The Labute approximate surface area is 167 Å². The predicted octanol–water partition coefficient (Wildman–Crippen LogP) is 2.84. The molecule has 0 amide bonds. The molecule has 2 aliphatic rings. The fraction of sp³-hybridized carbons (Fsp3) is 0.619. The molecule has 7 heteroatoms. The Morgan fingerprint density at radius 3 is 2.50 bits per heavy atom. The van der Waals surface area contributed by atoms with E-state index in [4.69, 9.17) is 5.26 Å². The van der Waals surface area contributed by atoms with E-state index in [0.29, 0.717) is 11.6 Å². The van der Waals surface area contributed by atoms with Gasteiger partial charge in [0.2, 0.25) is 0 Å². The minimum atomic E-state index is 0.436. The van der Waals surface area contributed by atoms with Crippen LogP contribution in [0, 0.1) is 11.3 Å². The van der Waals surface area contributed by atoms with E-state index in [0.717, 1.165) is 49.9 Å². The van der Waals surface area contributed by atoms with Gasteiger partial charge in [0.25, 0.3) is 0 Å². The van der Waals surface area contributed by atoms with Crippen LogP contribution >= 0.6 is 0 Å². The molecule has 2 aliphatic heterocycles. The van der Waals surface area contributed by atoms with Gasteiger partial charge in [-0.25, -0.2) is 4.98 Å². The summed E-state index contributed by atoms with van der Waals surface area (Å²) in [6, 6.07) is 7.77. The first-order valence-corrected chi connectivity index (χ1v) is 10.5. The molecule has 2 saturated heterocycles. The molecular formula is C21H29N7. The molecule has 2 aromatic heterocycles. The SMILES string of the molecule is Cn1c(CN2CCCCCC2)nnc1C1CCN(c2cccc(C#N)n2)CC1. The van der Waals surface area contributed by atoms with Crippen LogP contribution in [0.5, 0.6) is 0 Å². The van der Waals surface area contributed by atoms with Gasteiger partial charge in [-0.1, -0.05) is 18.9 Å². The van der Waals surface area contributed by atoms with Crippen LogP contribution in [0.3, 0.4) is 0 Å². The Bertz CT molecular complexity index is 822. The third kappa shape index (κ3) is 4.17. The van der Waals surface area contributed by atoms with Crippen LogP contribution in [0.1, 0.15) is 61.8 Å². The van der Waals surface area contributed by atoms with Crippen molar-refractivity contribution < 1.29 is 0 Å². The standard InChI is InChI=1S/C21H29N7/c1-26-20(16-27-11-4-2-3-5-12-27)24-25-21(26)17-9-13-28(14-10-17)19-8-6-7-18(15-22)23-19/h6-8,17H,2-5,9-14,16H2,1H3. The van der Waals surface area contributed by atoms with Crippen molar-refractivity contribution in [3.63, 3.8) is 0 Å². The van der Waals surface area contributed by atoms with Crippen molar-refractivity contribution in [3.8, 4) is 6.07 Å². The highest BCUT2D eigenvalue weighted by atomic mass is 15.3. The van der Waals surface area contributed by atoms with Gasteiger partial charge in [0.1, 0.15) is 29.2 Å². The number of hydrogen-bond donors (Lipinski definition) is 0. The summed E-state index contributed by atoms with van der Waals surface area (Å²) in [7, 11) is 2.12. The van der Waals surface area contributed by atoms with Gasteiger partial charge in [-0.2, -0.15) is 5.26 Å². The third-order valence-corrected chi connectivity index (χ3v) is 6.10. The Morgan fingerprint density at radius 2 is 1.79 bits per heavy atom. The Kier molecular flexibility index (Phi) is 5.87. The first-order chi connectivity index (χ1) is 13.7. The number of hydrogen-bond acceptors (Lipinski definition) is 6. The molecule has 0 N–H and O–H groups in total. The Balaban J connectivity index is 1.38. The molecule has 4 heterocycles. The average Bonchev–Trinajstić information content (AvgIpc) is 2.93. The number of likely N-dealkylation sites (tertiary alicyclic amines) is 1. The lowest BCUT2D eigenvalue weighted by Gasteiger charge is -2.32. The molecule has 0 radical (unpaired) electrons.